The molecule has 1 N–H and O–H groups in total. The summed E-state index contributed by atoms with van der Waals surface area (Å²) in [6, 6.07) is 1.41. The van der Waals surface area contributed by atoms with Crippen LogP contribution in [0.1, 0.15) is 32.4 Å². The largest absolute Gasteiger partial charge is 0.379 e. The van der Waals surface area contributed by atoms with Crippen LogP contribution in [0, 0.1) is 11.2 Å². The summed E-state index contributed by atoms with van der Waals surface area (Å²) >= 11 is 0. The summed E-state index contributed by atoms with van der Waals surface area (Å²) in [6.45, 7) is 6.29. The summed E-state index contributed by atoms with van der Waals surface area (Å²) in [5, 5.41) is 3.17. The number of rotatable bonds is 4. The van der Waals surface area contributed by atoms with Crippen LogP contribution < -0.4 is 5.32 Å². The highest BCUT2D eigenvalue weighted by Crippen LogP contribution is 2.32. The molecule has 0 aliphatic carbocycles. The maximum absolute atomic E-state index is 13.2. The number of aromatic nitrogens is 1. The minimum absolute atomic E-state index is 0.0469. The molecular formula is C13H21FN2O. The van der Waals surface area contributed by atoms with Crippen molar-refractivity contribution in [3.8, 4) is 0 Å². The van der Waals surface area contributed by atoms with Gasteiger partial charge in [0.25, 0.3) is 0 Å². The third-order valence-corrected chi connectivity index (χ3v) is 2.81. The first kappa shape index (κ1) is 14.1. The fraction of sp³-hybridized carbons (Fsp3) is 0.615. The summed E-state index contributed by atoms with van der Waals surface area (Å²) in [4.78, 5) is 3.88. The van der Waals surface area contributed by atoms with Gasteiger partial charge in [0.2, 0.25) is 0 Å². The maximum Gasteiger partial charge on any atom is 0.141 e. The van der Waals surface area contributed by atoms with E-state index in [1.54, 1.807) is 13.3 Å². The van der Waals surface area contributed by atoms with E-state index in [0.717, 1.165) is 5.56 Å². The average Bonchev–Trinajstić information content (AvgIpc) is 2.23. The molecule has 0 fully saturated rings. The number of methoxy groups -OCH3 is 1. The van der Waals surface area contributed by atoms with Gasteiger partial charge in [0.15, 0.2) is 0 Å². The third kappa shape index (κ3) is 3.48. The fourth-order valence-electron chi connectivity index (χ4n) is 2.08. The molecule has 3 nitrogen and oxygen atoms in total. The predicted octanol–water partition coefficient (Wildman–Crippen LogP) is 2.54. The Hall–Kier alpha value is -1.00. The molecule has 1 aromatic heterocycles. The Morgan fingerprint density at radius 1 is 1.35 bits per heavy atom. The molecule has 2 atom stereocenters. The van der Waals surface area contributed by atoms with Gasteiger partial charge in [-0.2, -0.15) is 0 Å². The smallest absolute Gasteiger partial charge is 0.141 e. The van der Waals surface area contributed by atoms with Gasteiger partial charge in [0, 0.05) is 13.3 Å². The first-order valence-electron chi connectivity index (χ1n) is 5.70. The van der Waals surface area contributed by atoms with E-state index in [2.05, 4.69) is 31.1 Å². The number of hydrogen-bond acceptors (Lipinski definition) is 3. The molecule has 1 rings (SSSR count). The van der Waals surface area contributed by atoms with Crippen molar-refractivity contribution in [3.05, 3.63) is 29.8 Å². The molecule has 0 bridgehead atoms. The second kappa shape index (κ2) is 5.56. The average molecular weight is 240 g/mol. The van der Waals surface area contributed by atoms with Crippen molar-refractivity contribution < 1.29 is 9.13 Å². The van der Waals surface area contributed by atoms with Gasteiger partial charge in [0.05, 0.1) is 18.3 Å². The second-order valence-electron chi connectivity index (χ2n) is 5.23. The molecule has 4 heteroatoms. The molecule has 0 amide bonds. The Morgan fingerprint density at radius 3 is 2.41 bits per heavy atom. The normalized spacial score (nSPS) is 15.6. The summed E-state index contributed by atoms with van der Waals surface area (Å²) < 4.78 is 18.7. The molecule has 2 unspecified atom stereocenters. The number of likely N-dealkylation sites (N-methyl/N-ethyl adjacent to an activating group) is 1. The predicted molar refractivity (Wildman–Crippen MR) is 66.2 cm³/mol. The fourth-order valence-corrected chi connectivity index (χ4v) is 2.08. The zero-order valence-corrected chi connectivity index (χ0v) is 11.1. The van der Waals surface area contributed by atoms with Crippen molar-refractivity contribution in [1.29, 1.82) is 0 Å². The highest BCUT2D eigenvalue weighted by Gasteiger charge is 2.32. The van der Waals surface area contributed by atoms with Crippen LogP contribution in [0.25, 0.3) is 0 Å². The summed E-state index contributed by atoms with van der Waals surface area (Å²) in [6.07, 6.45) is 2.81. The maximum atomic E-state index is 13.2. The zero-order valence-electron chi connectivity index (χ0n) is 11.1. The summed E-state index contributed by atoms with van der Waals surface area (Å²) in [5.74, 6) is -0.327. The molecule has 0 saturated carbocycles. The monoisotopic (exact) mass is 240 g/mol. The van der Waals surface area contributed by atoms with Gasteiger partial charge in [-0.05, 0) is 24.1 Å². The van der Waals surface area contributed by atoms with Gasteiger partial charge >= 0.3 is 0 Å². The van der Waals surface area contributed by atoms with Crippen LogP contribution in [0.4, 0.5) is 4.39 Å². The molecule has 17 heavy (non-hydrogen) atoms. The number of hydrogen-bond donors (Lipinski definition) is 1. The van der Waals surface area contributed by atoms with Crippen molar-refractivity contribution in [2.75, 3.05) is 14.2 Å². The minimum Gasteiger partial charge on any atom is -0.379 e. The quantitative estimate of drug-likeness (QED) is 0.878. The first-order chi connectivity index (χ1) is 7.90. The Morgan fingerprint density at radius 2 is 2.00 bits per heavy atom. The number of ether oxygens (including phenoxy) is 1. The van der Waals surface area contributed by atoms with Crippen LogP contribution in [0.2, 0.25) is 0 Å². The van der Waals surface area contributed by atoms with Gasteiger partial charge in [-0.1, -0.05) is 20.8 Å². The van der Waals surface area contributed by atoms with Gasteiger partial charge < -0.3 is 10.1 Å². The van der Waals surface area contributed by atoms with Gasteiger partial charge in [-0.3, -0.25) is 4.98 Å². The van der Waals surface area contributed by atoms with E-state index < -0.39 is 0 Å². The van der Waals surface area contributed by atoms with E-state index in [-0.39, 0.29) is 23.4 Å². The number of nitrogens with zero attached hydrogens (tertiary/aromatic N) is 1. The Kier molecular flexibility index (Phi) is 4.60. The lowest BCUT2D eigenvalue weighted by Crippen LogP contribution is -2.40. The van der Waals surface area contributed by atoms with Crippen LogP contribution in [0.15, 0.2) is 18.5 Å². The van der Waals surface area contributed by atoms with E-state index in [0.29, 0.717) is 0 Å². The molecule has 0 aromatic carbocycles. The molecule has 1 aromatic rings. The number of halogens is 1. The van der Waals surface area contributed by atoms with Crippen LogP contribution in [-0.4, -0.2) is 25.2 Å². The summed E-state index contributed by atoms with van der Waals surface area (Å²) in [7, 11) is 3.51. The Bertz CT molecular complexity index is 363. The van der Waals surface area contributed by atoms with Crippen molar-refractivity contribution in [3.63, 3.8) is 0 Å². The number of nitrogens with one attached hydrogen (secondary N) is 1. The Balaban J connectivity index is 3.05. The second-order valence-corrected chi connectivity index (χ2v) is 5.23. The van der Waals surface area contributed by atoms with E-state index in [4.69, 9.17) is 4.74 Å². The van der Waals surface area contributed by atoms with Crippen LogP contribution in [0.5, 0.6) is 0 Å². The van der Waals surface area contributed by atoms with Crippen molar-refractivity contribution in [2.45, 2.75) is 32.9 Å². The molecule has 0 saturated heterocycles. The topological polar surface area (TPSA) is 34.2 Å². The molecule has 0 aliphatic heterocycles. The third-order valence-electron chi connectivity index (χ3n) is 2.81. The molecule has 0 radical (unpaired) electrons. The van der Waals surface area contributed by atoms with Crippen LogP contribution in [-0.2, 0) is 4.74 Å². The van der Waals surface area contributed by atoms with Crippen molar-refractivity contribution in [2.24, 2.45) is 5.41 Å². The summed E-state index contributed by atoms with van der Waals surface area (Å²) in [5.41, 5.74) is 0.753. The lowest BCUT2D eigenvalue weighted by atomic mass is 9.82. The SMILES string of the molecule is CNC(c1cncc(F)c1)C(OC)C(C)(C)C. The lowest BCUT2D eigenvalue weighted by molar-refractivity contribution is -0.0103. The van der Waals surface area contributed by atoms with Crippen LogP contribution >= 0.6 is 0 Å². The molecule has 0 spiro atoms. The van der Waals surface area contributed by atoms with Crippen molar-refractivity contribution >= 4 is 0 Å². The van der Waals surface area contributed by atoms with Crippen molar-refractivity contribution in [1.82, 2.24) is 10.3 Å². The van der Waals surface area contributed by atoms with Gasteiger partial charge in [-0.15, -0.1) is 0 Å². The Labute approximate surface area is 102 Å². The molecule has 0 aliphatic rings. The number of pyridine rings is 1. The zero-order chi connectivity index (χ0) is 13.1. The molecule has 1 heterocycles. The van der Waals surface area contributed by atoms with E-state index >= 15 is 0 Å². The molecular weight excluding hydrogens is 219 g/mol. The highest BCUT2D eigenvalue weighted by molar-refractivity contribution is 5.17. The standard InChI is InChI=1S/C13H21FN2O/c1-13(2,3)12(17-5)11(15-4)9-6-10(14)8-16-7-9/h6-8,11-12,15H,1-5H3. The van der Waals surface area contributed by atoms with Gasteiger partial charge in [-0.25, -0.2) is 4.39 Å². The van der Waals surface area contributed by atoms with E-state index in [1.165, 1.54) is 12.3 Å². The van der Waals surface area contributed by atoms with E-state index in [1.807, 2.05) is 7.05 Å². The van der Waals surface area contributed by atoms with Gasteiger partial charge in [0.1, 0.15) is 5.82 Å². The lowest BCUT2D eigenvalue weighted by Gasteiger charge is -2.36. The minimum atomic E-state index is -0.327. The highest BCUT2D eigenvalue weighted by atomic mass is 19.1. The first-order valence-corrected chi connectivity index (χ1v) is 5.70. The van der Waals surface area contributed by atoms with E-state index in [9.17, 15) is 4.39 Å². The molecule has 96 valence electrons. The van der Waals surface area contributed by atoms with Crippen LogP contribution in [0.3, 0.4) is 0 Å².